The van der Waals surface area contributed by atoms with Gasteiger partial charge in [-0.15, -0.1) is 11.6 Å². The molecule has 5 heteroatoms. The van der Waals surface area contributed by atoms with E-state index in [1.165, 1.54) is 12.1 Å². The zero-order valence-electron chi connectivity index (χ0n) is 6.33. The van der Waals surface area contributed by atoms with Gasteiger partial charge < -0.3 is 0 Å². The molecule has 1 aromatic rings. The summed E-state index contributed by atoms with van der Waals surface area (Å²) in [6.07, 6.45) is -4.31. The van der Waals surface area contributed by atoms with Crippen LogP contribution in [0.25, 0.3) is 0 Å². The van der Waals surface area contributed by atoms with Crippen molar-refractivity contribution >= 4 is 34.2 Å². The second-order valence-electron chi connectivity index (χ2n) is 2.43. The summed E-state index contributed by atoms with van der Waals surface area (Å²) in [5, 5.41) is 0. The third kappa shape index (κ3) is 2.74. The summed E-state index contributed by atoms with van der Waals surface area (Å²) in [6.45, 7) is 0. The molecule has 0 radical (unpaired) electrons. The van der Waals surface area contributed by atoms with Crippen molar-refractivity contribution in [3.05, 3.63) is 32.9 Å². The molecule has 72 valence electrons. The molecule has 0 aliphatic heterocycles. The fourth-order valence-electron chi connectivity index (χ4n) is 0.949. The van der Waals surface area contributed by atoms with Crippen LogP contribution >= 0.6 is 34.2 Å². The molecular formula is C8H5ClF3I. The van der Waals surface area contributed by atoms with Gasteiger partial charge in [0.15, 0.2) is 0 Å². The average molecular weight is 320 g/mol. The Hall–Kier alpha value is 0.0300. The lowest BCUT2D eigenvalue weighted by molar-refractivity contribution is -0.138. The molecule has 0 heterocycles. The molecule has 0 aromatic heterocycles. The standard InChI is InChI=1S/C8H5ClF3I/c9-4-5-3-6(13)1-2-7(5)8(10,11)12/h1-3H,4H2. The van der Waals surface area contributed by atoms with Crippen molar-refractivity contribution in [1.82, 2.24) is 0 Å². The van der Waals surface area contributed by atoms with Crippen LogP contribution in [-0.4, -0.2) is 0 Å². The number of hydrogen-bond acceptors (Lipinski definition) is 0. The Morgan fingerprint density at radius 2 is 1.92 bits per heavy atom. The molecule has 0 atom stereocenters. The lowest BCUT2D eigenvalue weighted by Gasteiger charge is -2.10. The topological polar surface area (TPSA) is 0 Å². The van der Waals surface area contributed by atoms with E-state index in [1.54, 1.807) is 0 Å². The van der Waals surface area contributed by atoms with Crippen LogP contribution in [0.1, 0.15) is 11.1 Å². The molecule has 0 nitrogen and oxygen atoms in total. The van der Waals surface area contributed by atoms with E-state index in [0.29, 0.717) is 0 Å². The zero-order chi connectivity index (χ0) is 10.1. The van der Waals surface area contributed by atoms with Crippen molar-refractivity contribution in [2.24, 2.45) is 0 Å². The van der Waals surface area contributed by atoms with E-state index in [0.717, 1.165) is 9.64 Å². The molecule has 0 spiro atoms. The average Bonchev–Trinajstić information content (AvgIpc) is 2.01. The monoisotopic (exact) mass is 320 g/mol. The fraction of sp³-hybridized carbons (Fsp3) is 0.250. The molecule has 0 aliphatic rings. The summed E-state index contributed by atoms with van der Waals surface area (Å²) in [5.41, 5.74) is -0.524. The number of halogens is 5. The molecule has 0 aliphatic carbocycles. The highest BCUT2D eigenvalue weighted by molar-refractivity contribution is 14.1. The summed E-state index contributed by atoms with van der Waals surface area (Å²) in [4.78, 5) is 0. The van der Waals surface area contributed by atoms with Crippen LogP contribution in [0.15, 0.2) is 18.2 Å². The first-order valence-corrected chi connectivity index (χ1v) is 4.98. The Bertz CT molecular complexity index is 309. The zero-order valence-corrected chi connectivity index (χ0v) is 9.24. The van der Waals surface area contributed by atoms with Crippen LogP contribution in [0.4, 0.5) is 13.2 Å². The van der Waals surface area contributed by atoms with Crippen molar-refractivity contribution in [2.45, 2.75) is 12.1 Å². The Labute approximate surface area is 92.2 Å². The molecule has 0 fully saturated rings. The molecule has 13 heavy (non-hydrogen) atoms. The Kier molecular flexibility index (Phi) is 3.45. The van der Waals surface area contributed by atoms with Gasteiger partial charge in [-0.3, -0.25) is 0 Å². The van der Waals surface area contributed by atoms with E-state index < -0.39 is 11.7 Å². The minimum absolute atomic E-state index is 0.119. The van der Waals surface area contributed by atoms with Crippen molar-refractivity contribution in [3.8, 4) is 0 Å². The Balaban J connectivity index is 3.22. The molecular weight excluding hydrogens is 315 g/mol. The fourth-order valence-corrected chi connectivity index (χ4v) is 1.73. The first-order chi connectivity index (χ1) is 5.95. The van der Waals surface area contributed by atoms with Gasteiger partial charge in [-0.2, -0.15) is 13.2 Å². The van der Waals surface area contributed by atoms with E-state index in [-0.39, 0.29) is 11.4 Å². The summed E-state index contributed by atoms with van der Waals surface area (Å²) in [6, 6.07) is 3.91. The van der Waals surface area contributed by atoms with Crippen LogP contribution < -0.4 is 0 Å². The van der Waals surface area contributed by atoms with E-state index >= 15 is 0 Å². The summed E-state index contributed by atoms with van der Waals surface area (Å²) in [5.74, 6) is -0.119. The van der Waals surface area contributed by atoms with Gasteiger partial charge in [-0.25, -0.2) is 0 Å². The van der Waals surface area contributed by atoms with Crippen molar-refractivity contribution in [1.29, 1.82) is 0 Å². The van der Waals surface area contributed by atoms with Crippen LogP contribution in [0.2, 0.25) is 0 Å². The first kappa shape index (κ1) is 11.1. The molecule has 0 bridgehead atoms. The van der Waals surface area contributed by atoms with Gasteiger partial charge in [0.2, 0.25) is 0 Å². The maximum absolute atomic E-state index is 12.3. The minimum atomic E-state index is -4.31. The summed E-state index contributed by atoms with van der Waals surface area (Å²) >= 11 is 7.35. The molecule has 0 N–H and O–H groups in total. The van der Waals surface area contributed by atoms with Gasteiger partial charge in [-0.05, 0) is 46.4 Å². The van der Waals surface area contributed by atoms with Crippen molar-refractivity contribution in [3.63, 3.8) is 0 Å². The largest absolute Gasteiger partial charge is 0.416 e. The molecule has 0 unspecified atom stereocenters. The molecule has 0 saturated carbocycles. The SMILES string of the molecule is FC(F)(F)c1ccc(I)cc1CCl. The van der Waals surface area contributed by atoms with Crippen LogP contribution in [0, 0.1) is 3.57 Å². The molecule has 0 amide bonds. The molecule has 0 saturated heterocycles. The maximum Gasteiger partial charge on any atom is 0.416 e. The minimum Gasteiger partial charge on any atom is -0.166 e. The van der Waals surface area contributed by atoms with Gasteiger partial charge >= 0.3 is 6.18 Å². The maximum atomic E-state index is 12.3. The third-order valence-electron chi connectivity index (χ3n) is 1.52. The quantitative estimate of drug-likeness (QED) is 0.541. The van der Waals surface area contributed by atoms with Gasteiger partial charge in [0.05, 0.1) is 5.56 Å². The van der Waals surface area contributed by atoms with Gasteiger partial charge in [0, 0.05) is 9.45 Å². The normalized spacial score (nSPS) is 11.8. The van der Waals surface area contributed by atoms with Crippen molar-refractivity contribution < 1.29 is 13.2 Å². The van der Waals surface area contributed by atoms with E-state index in [9.17, 15) is 13.2 Å². The lowest BCUT2D eigenvalue weighted by Crippen LogP contribution is -2.08. The summed E-state index contributed by atoms with van der Waals surface area (Å²) in [7, 11) is 0. The number of hydrogen-bond donors (Lipinski definition) is 0. The highest BCUT2D eigenvalue weighted by Crippen LogP contribution is 2.33. The highest BCUT2D eigenvalue weighted by atomic mass is 127. The second kappa shape index (κ2) is 4.04. The van der Waals surface area contributed by atoms with Crippen molar-refractivity contribution in [2.75, 3.05) is 0 Å². The smallest absolute Gasteiger partial charge is 0.166 e. The van der Waals surface area contributed by atoms with Crippen LogP contribution in [0.3, 0.4) is 0 Å². The summed E-state index contributed by atoms with van der Waals surface area (Å²) < 4.78 is 37.7. The second-order valence-corrected chi connectivity index (χ2v) is 3.95. The third-order valence-corrected chi connectivity index (χ3v) is 2.48. The predicted octanol–water partition coefficient (Wildman–Crippen LogP) is 4.05. The van der Waals surface area contributed by atoms with Gasteiger partial charge in [0.25, 0.3) is 0 Å². The van der Waals surface area contributed by atoms with Gasteiger partial charge in [-0.1, -0.05) is 0 Å². The molecule has 1 aromatic carbocycles. The Morgan fingerprint density at radius 3 is 2.38 bits per heavy atom. The van der Waals surface area contributed by atoms with Crippen LogP contribution in [0.5, 0.6) is 0 Å². The van der Waals surface area contributed by atoms with E-state index in [1.807, 2.05) is 22.6 Å². The lowest BCUT2D eigenvalue weighted by atomic mass is 10.1. The van der Waals surface area contributed by atoms with E-state index in [2.05, 4.69) is 0 Å². The highest BCUT2D eigenvalue weighted by Gasteiger charge is 2.32. The van der Waals surface area contributed by atoms with Crippen LogP contribution in [-0.2, 0) is 12.1 Å². The predicted molar refractivity (Wildman–Crippen MR) is 53.7 cm³/mol. The number of rotatable bonds is 1. The van der Waals surface area contributed by atoms with Gasteiger partial charge in [0.1, 0.15) is 0 Å². The first-order valence-electron chi connectivity index (χ1n) is 3.36. The number of alkyl halides is 4. The Morgan fingerprint density at radius 1 is 1.31 bits per heavy atom. The van der Waals surface area contributed by atoms with E-state index in [4.69, 9.17) is 11.6 Å². The number of benzene rings is 1. The molecule has 1 rings (SSSR count).